The molecule has 24 heavy (non-hydrogen) atoms. The number of unbranched alkanes of at least 4 members (excludes halogenated alkanes) is 3. The highest BCUT2D eigenvalue weighted by molar-refractivity contribution is 7.99. The molecular weight excluding hydrogens is 329 g/mol. The maximum atomic E-state index is 12.8. The van der Waals surface area contributed by atoms with Crippen molar-refractivity contribution in [2.24, 2.45) is 0 Å². The number of aryl methyl sites for hydroxylation is 1. The minimum absolute atomic E-state index is 0.203. The summed E-state index contributed by atoms with van der Waals surface area (Å²) in [7, 11) is 1.24. The van der Waals surface area contributed by atoms with Crippen molar-refractivity contribution in [3.63, 3.8) is 0 Å². The third kappa shape index (κ3) is 8.32. The number of esters is 1. The molecule has 0 radical (unpaired) electrons. The summed E-state index contributed by atoms with van der Waals surface area (Å²) >= 11 is 1.47. The van der Waals surface area contributed by atoms with Gasteiger partial charge in [-0.1, -0.05) is 25.0 Å². The second-order valence-corrected chi connectivity index (χ2v) is 6.84. The summed E-state index contributed by atoms with van der Waals surface area (Å²) < 4.78 is 17.3. The monoisotopic (exact) mass is 353 g/mol. The standard InChI is InChI=1S/C18H24FNO3S/c1-23-17(21)12-18(22,13-20)14-24-11-5-3-2-4-6-15-7-9-16(19)10-8-15/h7-10,22H,2-6,11-12,14H2,1H3. The number of ether oxygens (including phenoxy) is 1. The highest BCUT2D eigenvalue weighted by Crippen LogP contribution is 2.19. The first kappa shape index (κ1) is 20.5. The quantitative estimate of drug-likeness (QED) is 0.375. The fourth-order valence-electron chi connectivity index (χ4n) is 2.21. The van der Waals surface area contributed by atoms with E-state index in [9.17, 15) is 14.3 Å². The number of methoxy groups -OCH3 is 1. The Balaban J connectivity index is 2.08. The molecule has 1 aromatic rings. The molecule has 1 unspecified atom stereocenters. The zero-order chi connectivity index (χ0) is 17.8. The van der Waals surface area contributed by atoms with E-state index in [2.05, 4.69) is 4.74 Å². The predicted molar refractivity (Wildman–Crippen MR) is 93.1 cm³/mol. The molecule has 0 saturated carbocycles. The summed E-state index contributed by atoms with van der Waals surface area (Å²) in [6.07, 6.45) is 4.85. The maximum Gasteiger partial charge on any atom is 0.309 e. The van der Waals surface area contributed by atoms with Gasteiger partial charge in [-0.3, -0.25) is 4.79 Å². The van der Waals surface area contributed by atoms with Crippen molar-refractivity contribution in [3.05, 3.63) is 35.6 Å². The van der Waals surface area contributed by atoms with Crippen LogP contribution < -0.4 is 0 Å². The summed E-state index contributed by atoms with van der Waals surface area (Å²) in [5.74, 6) is 0.247. The van der Waals surface area contributed by atoms with Gasteiger partial charge in [-0.25, -0.2) is 4.39 Å². The zero-order valence-corrected chi connectivity index (χ0v) is 14.8. The number of carbonyl (C=O) groups is 1. The van der Waals surface area contributed by atoms with Crippen LogP contribution in [-0.2, 0) is 16.0 Å². The van der Waals surface area contributed by atoms with Crippen molar-refractivity contribution in [2.75, 3.05) is 18.6 Å². The zero-order valence-electron chi connectivity index (χ0n) is 14.0. The van der Waals surface area contributed by atoms with Gasteiger partial charge in [-0.2, -0.15) is 17.0 Å². The van der Waals surface area contributed by atoms with E-state index in [1.165, 1.54) is 31.0 Å². The van der Waals surface area contributed by atoms with Crippen molar-refractivity contribution in [1.82, 2.24) is 0 Å². The van der Waals surface area contributed by atoms with E-state index >= 15 is 0 Å². The van der Waals surface area contributed by atoms with Crippen LogP contribution in [0.25, 0.3) is 0 Å². The van der Waals surface area contributed by atoms with Crippen molar-refractivity contribution in [2.45, 2.75) is 44.1 Å². The lowest BCUT2D eigenvalue weighted by Crippen LogP contribution is -2.33. The number of aliphatic hydroxyl groups is 1. The first-order valence-corrected chi connectivity index (χ1v) is 9.17. The molecule has 6 heteroatoms. The molecule has 0 heterocycles. The first-order valence-electron chi connectivity index (χ1n) is 8.02. The van der Waals surface area contributed by atoms with E-state index in [4.69, 9.17) is 5.26 Å². The van der Waals surface area contributed by atoms with Crippen molar-refractivity contribution >= 4 is 17.7 Å². The molecule has 0 aromatic heterocycles. The molecule has 1 rings (SSSR count). The van der Waals surface area contributed by atoms with Crippen LogP contribution in [-0.4, -0.2) is 35.3 Å². The van der Waals surface area contributed by atoms with E-state index in [1.807, 2.05) is 12.1 Å². The number of nitriles is 1. The SMILES string of the molecule is COC(=O)CC(O)(C#N)CSCCCCCCc1ccc(F)cc1. The first-order chi connectivity index (χ1) is 11.5. The average molecular weight is 353 g/mol. The van der Waals surface area contributed by atoms with Gasteiger partial charge in [0.05, 0.1) is 19.6 Å². The smallest absolute Gasteiger partial charge is 0.309 e. The topological polar surface area (TPSA) is 70.3 Å². The van der Waals surface area contributed by atoms with Gasteiger partial charge in [-0.05, 0) is 42.7 Å². The minimum atomic E-state index is -1.65. The Bertz CT molecular complexity index is 544. The number of nitrogens with zero attached hydrogens (tertiary/aromatic N) is 1. The summed E-state index contributed by atoms with van der Waals surface area (Å²) in [4.78, 5) is 11.2. The fourth-order valence-corrected chi connectivity index (χ4v) is 3.27. The lowest BCUT2D eigenvalue weighted by Gasteiger charge is -2.18. The van der Waals surface area contributed by atoms with Crippen LogP contribution in [0.2, 0.25) is 0 Å². The van der Waals surface area contributed by atoms with Crippen LogP contribution >= 0.6 is 11.8 Å². The van der Waals surface area contributed by atoms with Crippen LogP contribution in [0, 0.1) is 17.1 Å². The lowest BCUT2D eigenvalue weighted by atomic mass is 10.1. The molecule has 0 amide bonds. The minimum Gasteiger partial charge on any atom is -0.469 e. The van der Waals surface area contributed by atoms with E-state index in [0.29, 0.717) is 0 Å². The van der Waals surface area contributed by atoms with E-state index < -0.39 is 11.6 Å². The highest BCUT2D eigenvalue weighted by atomic mass is 32.2. The molecule has 0 bridgehead atoms. The van der Waals surface area contributed by atoms with Crippen LogP contribution in [0.1, 0.15) is 37.7 Å². The molecular formula is C18H24FNO3S. The van der Waals surface area contributed by atoms with Gasteiger partial charge in [0.2, 0.25) is 0 Å². The normalized spacial score (nSPS) is 13.1. The maximum absolute atomic E-state index is 12.8. The van der Waals surface area contributed by atoms with Gasteiger partial charge in [0.15, 0.2) is 5.60 Å². The molecule has 1 N–H and O–H groups in total. The molecule has 0 aliphatic carbocycles. The van der Waals surface area contributed by atoms with Gasteiger partial charge in [-0.15, -0.1) is 0 Å². The molecule has 1 atom stereocenters. The number of benzene rings is 1. The Morgan fingerprint density at radius 2 is 1.96 bits per heavy atom. The molecule has 4 nitrogen and oxygen atoms in total. The van der Waals surface area contributed by atoms with Crippen molar-refractivity contribution < 1.29 is 19.0 Å². The number of carbonyl (C=O) groups excluding carboxylic acids is 1. The molecule has 132 valence electrons. The fraction of sp³-hybridized carbons (Fsp3) is 0.556. The Labute approximate surface area is 147 Å². The van der Waals surface area contributed by atoms with Gasteiger partial charge >= 0.3 is 5.97 Å². The molecule has 0 spiro atoms. The van der Waals surface area contributed by atoms with E-state index in [1.54, 1.807) is 6.07 Å². The molecule has 0 aliphatic rings. The number of hydrogen-bond donors (Lipinski definition) is 1. The van der Waals surface area contributed by atoms with Crippen LogP contribution in [0.3, 0.4) is 0 Å². The van der Waals surface area contributed by atoms with Gasteiger partial charge < -0.3 is 9.84 Å². The second kappa shape index (κ2) is 11.1. The van der Waals surface area contributed by atoms with Gasteiger partial charge in [0, 0.05) is 5.75 Å². The largest absolute Gasteiger partial charge is 0.469 e. The van der Waals surface area contributed by atoms with Crippen LogP contribution in [0.5, 0.6) is 0 Å². The summed E-state index contributed by atoms with van der Waals surface area (Å²) in [6, 6.07) is 8.38. The van der Waals surface area contributed by atoms with Crippen LogP contribution in [0.15, 0.2) is 24.3 Å². The third-order valence-electron chi connectivity index (χ3n) is 3.63. The van der Waals surface area contributed by atoms with Crippen molar-refractivity contribution in [3.8, 4) is 6.07 Å². The highest BCUT2D eigenvalue weighted by Gasteiger charge is 2.30. The Morgan fingerprint density at radius 1 is 1.29 bits per heavy atom. The summed E-state index contributed by atoms with van der Waals surface area (Å²) in [6.45, 7) is 0. The number of halogens is 1. The number of rotatable bonds is 11. The molecule has 0 aliphatic heterocycles. The Morgan fingerprint density at radius 3 is 2.58 bits per heavy atom. The van der Waals surface area contributed by atoms with Gasteiger partial charge in [0.1, 0.15) is 5.82 Å². The predicted octanol–water partition coefficient (Wildman–Crippen LogP) is 3.48. The third-order valence-corrected chi connectivity index (χ3v) is 4.89. The number of thioether (sulfide) groups is 1. The van der Waals surface area contributed by atoms with Crippen LogP contribution in [0.4, 0.5) is 4.39 Å². The van der Waals surface area contributed by atoms with Crippen molar-refractivity contribution in [1.29, 1.82) is 5.26 Å². The Kier molecular flexibility index (Phi) is 9.43. The molecule has 0 fully saturated rings. The molecule has 0 saturated heterocycles. The Hall–Kier alpha value is -1.58. The summed E-state index contributed by atoms with van der Waals surface area (Å²) in [5, 5.41) is 19.0. The number of hydrogen-bond acceptors (Lipinski definition) is 5. The second-order valence-electron chi connectivity index (χ2n) is 5.74. The average Bonchev–Trinajstić information content (AvgIpc) is 2.58. The van der Waals surface area contributed by atoms with E-state index in [0.717, 1.165) is 43.4 Å². The molecule has 1 aromatic carbocycles. The van der Waals surface area contributed by atoms with Gasteiger partial charge in [0.25, 0.3) is 0 Å². The summed E-state index contributed by atoms with van der Waals surface area (Å²) in [5.41, 5.74) is -0.506. The van der Waals surface area contributed by atoms with E-state index in [-0.39, 0.29) is 18.0 Å². The lowest BCUT2D eigenvalue weighted by molar-refractivity contribution is -0.143.